The van der Waals surface area contributed by atoms with Crippen LogP contribution in [0.1, 0.15) is 80.1 Å². The lowest BCUT2D eigenvalue weighted by Crippen LogP contribution is -2.50. The monoisotopic (exact) mass is 560 g/mol. The maximum Gasteiger partial charge on any atom is 0.303 e. The minimum atomic E-state index is -0.457. The summed E-state index contributed by atoms with van der Waals surface area (Å²) in [6.45, 7) is 12.7. The highest BCUT2D eigenvalue weighted by Crippen LogP contribution is 2.43. The Morgan fingerprint density at radius 2 is 1.88 bits per heavy atom. The normalized spacial score (nSPS) is 33.2. The lowest BCUT2D eigenvalue weighted by molar-refractivity contribution is -0.143. The topological polar surface area (TPSA) is 115 Å². The smallest absolute Gasteiger partial charge is 0.303 e. The Balaban J connectivity index is 1.46. The molecule has 0 aliphatic carbocycles. The van der Waals surface area contributed by atoms with E-state index in [0.717, 1.165) is 44.3 Å². The van der Waals surface area contributed by atoms with Gasteiger partial charge >= 0.3 is 5.97 Å². The molecule has 2 N–H and O–H groups in total. The molecule has 3 heterocycles. The van der Waals surface area contributed by atoms with Gasteiger partial charge in [-0.05, 0) is 52.0 Å². The molecule has 0 aromatic rings. The van der Waals surface area contributed by atoms with Gasteiger partial charge in [0, 0.05) is 32.4 Å². The number of esters is 1. The van der Waals surface area contributed by atoms with E-state index in [1.165, 1.54) is 13.0 Å². The van der Waals surface area contributed by atoms with Gasteiger partial charge in [-0.25, -0.2) is 0 Å². The van der Waals surface area contributed by atoms with Crippen LogP contribution in [0.25, 0.3) is 0 Å². The average Bonchev–Trinajstić information content (AvgIpc) is 3.62. The number of carbonyl (C=O) groups is 3. The molecular weight excluding hydrogens is 512 g/mol. The highest BCUT2D eigenvalue weighted by molar-refractivity contribution is 5.87. The molecule has 0 radical (unpaired) electrons. The van der Waals surface area contributed by atoms with E-state index in [4.69, 9.17) is 18.9 Å². The fraction of sp³-hybridized carbons (Fsp3) is 0.710. The summed E-state index contributed by atoms with van der Waals surface area (Å²) < 4.78 is 23.3. The van der Waals surface area contributed by atoms with Crippen molar-refractivity contribution in [1.29, 1.82) is 0 Å². The van der Waals surface area contributed by atoms with Crippen molar-refractivity contribution in [3.63, 3.8) is 0 Å². The molecule has 0 aromatic carbocycles. The second-order valence-electron chi connectivity index (χ2n) is 11.7. The molecule has 3 fully saturated rings. The second kappa shape index (κ2) is 14.9. The van der Waals surface area contributed by atoms with Crippen LogP contribution < -0.4 is 10.6 Å². The van der Waals surface area contributed by atoms with Gasteiger partial charge in [0.2, 0.25) is 11.8 Å². The van der Waals surface area contributed by atoms with Gasteiger partial charge in [0.25, 0.3) is 0 Å². The Kier molecular flexibility index (Phi) is 12.0. The number of carbonyl (C=O) groups excluding carboxylic acids is 3. The highest BCUT2D eigenvalue weighted by atomic mass is 16.6. The molecule has 0 bridgehead atoms. The SMILES string of the molecule is CCCNC(=O)C[C@@H]1C[C@]2(CO2)C[C@@H](/C=C/C(C)=C/C[C@@H]2O[C@H](C)[C@H](NC(=O)/C=C\[C@H](C)OC(C)=O)C[C@@H]2C)O1. The first kappa shape index (κ1) is 32.0. The number of nitrogens with one attached hydrogen (secondary N) is 2. The lowest BCUT2D eigenvalue weighted by atomic mass is 9.88. The minimum Gasteiger partial charge on any atom is -0.459 e. The first-order valence-electron chi connectivity index (χ1n) is 14.7. The summed E-state index contributed by atoms with van der Waals surface area (Å²) in [7, 11) is 0. The third-order valence-electron chi connectivity index (χ3n) is 7.74. The number of rotatable bonds is 12. The van der Waals surface area contributed by atoms with Crippen molar-refractivity contribution in [2.24, 2.45) is 5.92 Å². The molecule has 3 saturated heterocycles. The summed E-state index contributed by atoms with van der Waals surface area (Å²) in [4.78, 5) is 35.6. The van der Waals surface area contributed by atoms with Crippen LogP contribution >= 0.6 is 0 Å². The third kappa shape index (κ3) is 10.5. The van der Waals surface area contributed by atoms with E-state index >= 15 is 0 Å². The van der Waals surface area contributed by atoms with Gasteiger partial charge in [0.05, 0.1) is 49.1 Å². The molecule has 3 aliphatic heterocycles. The first-order valence-corrected chi connectivity index (χ1v) is 14.7. The molecule has 9 heteroatoms. The van der Waals surface area contributed by atoms with Crippen molar-refractivity contribution in [3.05, 3.63) is 36.0 Å². The number of ether oxygens (including phenoxy) is 4. The van der Waals surface area contributed by atoms with Crippen LogP contribution in [-0.2, 0) is 33.3 Å². The zero-order chi connectivity index (χ0) is 29.3. The first-order chi connectivity index (χ1) is 19.0. The molecule has 3 rings (SSSR count). The Morgan fingerprint density at radius 3 is 2.55 bits per heavy atom. The van der Waals surface area contributed by atoms with Crippen molar-refractivity contribution in [3.8, 4) is 0 Å². The molecule has 0 unspecified atom stereocenters. The Bertz CT molecular complexity index is 971. The molecule has 3 aliphatic rings. The van der Waals surface area contributed by atoms with Crippen LogP contribution in [0.3, 0.4) is 0 Å². The van der Waals surface area contributed by atoms with Crippen LogP contribution in [0.15, 0.2) is 36.0 Å². The predicted octanol–water partition coefficient (Wildman–Crippen LogP) is 3.92. The molecule has 1 spiro atoms. The molecule has 224 valence electrons. The molecule has 40 heavy (non-hydrogen) atoms. The second-order valence-corrected chi connectivity index (χ2v) is 11.7. The predicted molar refractivity (Wildman–Crippen MR) is 152 cm³/mol. The fourth-order valence-electron chi connectivity index (χ4n) is 5.42. The van der Waals surface area contributed by atoms with E-state index < -0.39 is 6.10 Å². The van der Waals surface area contributed by atoms with E-state index in [9.17, 15) is 14.4 Å². The van der Waals surface area contributed by atoms with E-state index in [-0.39, 0.29) is 59.8 Å². The van der Waals surface area contributed by atoms with Gasteiger partial charge in [-0.2, -0.15) is 0 Å². The van der Waals surface area contributed by atoms with Gasteiger partial charge in [-0.15, -0.1) is 0 Å². The lowest BCUT2D eigenvalue weighted by Gasteiger charge is -2.39. The molecule has 8 atom stereocenters. The summed E-state index contributed by atoms with van der Waals surface area (Å²) in [5.74, 6) is -0.302. The summed E-state index contributed by atoms with van der Waals surface area (Å²) in [6.07, 6.45) is 13.1. The molecule has 2 amide bonds. The molecular formula is C31H48N2O7. The van der Waals surface area contributed by atoms with Gasteiger partial charge in [-0.1, -0.05) is 37.6 Å². The van der Waals surface area contributed by atoms with Crippen molar-refractivity contribution >= 4 is 17.8 Å². The van der Waals surface area contributed by atoms with Gasteiger partial charge in [0.1, 0.15) is 6.10 Å². The Labute approximate surface area is 239 Å². The van der Waals surface area contributed by atoms with Crippen LogP contribution in [-0.4, -0.2) is 73.1 Å². The number of epoxide rings is 1. The van der Waals surface area contributed by atoms with Crippen molar-refractivity contribution in [2.75, 3.05) is 13.2 Å². The fourth-order valence-corrected chi connectivity index (χ4v) is 5.42. The number of hydrogen-bond donors (Lipinski definition) is 2. The van der Waals surface area contributed by atoms with E-state index in [1.807, 2.05) is 13.8 Å². The van der Waals surface area contributed by atoms with E-state index in [0.29, 0.717) is 13.0 Å². The van der Waals surface area contributed by atoms with E-state index in [1.54, 1.807) is 13.0 Å². The quantitative estimate of drug-likeness (QED) is 0.161. The summed E-state index contributed by atoms with van der Waals surface area (Å²) >= 11 is 0. The summed E-state index contributed by atoms with van der Waals surface area (Å²) in [6, 6.07) is -0.0881. The van der Waals surface area contributed by atoms with Crippen molar-refractivity contribution < 1.29 is 33.3 Å². The largest absolute Gasteiger partial charge is 0.459 e. The van der Waals surface area contributed by atoms with Crippen molar-refractivity contribution in [1.82, 2.24) is 10.6 Å². The van der Waals surface area contributed by atoms with Gasteiger partial charge in [-0.3, -0.25) is 14.4 Å². The molecule has 0 aromatic heterocycles. The zero-order valence-electron chi connectivity index (χ0n) is 24.9. The minimum absolute atomic E-state index is 0.0336. The number of hydrogen-bond acceptors (Lipinski definition) is 7. The average molecular weight is 561 g/mol. The summed E-state index contributed by atoms with van der Waals surface area (Å²) in [5.41, 5.74) is 0.993. The zero-order valence-corrected chi connectivity index (χ0v) is 24.9. The van der Waals surface area contributed by atoms with Crippen LogP contribution in [0.2, 0.25) is 0 Å². The van der Waals surface area contributed by atoms with E-state index in [2.05, 4.69) is 42.7 Å². The van der Waals surface area contributed by atoms with Gasteiger partial charge in [0.15, 0.2) is 0 Å². The van der Waals surface area contributed by atoms with Crippen LogP contribution in [0, 0.1) is 5.92 Å². The Hall–Kier alpha value is -2.49. The number of allylic oxidation sites excluding steroid dienone is 2. The van der Waals surface area contributed by atoms with Crippen LogP contribution in [0.5, 0.6) is 0 Å². The summed E-state index contributed by atoms with van der Waals surface area (Å²) in [5, 5.41) is 5.96. The highest BCUT2D eigenvalue weighted by Gasteiger charge is 2.51. The maximum absolute atomic E-state index is 12.4. The maximum atomic E-state index is 12.4. The van der Waals surface area contributed by atoms with Crippen molar-refractivity contribution in [2.45, 2.75) is 122 Å². The standard InChI is InChI=1S/C31H48N2O7/c1-7-14-32-30(36)16-26-18-31(19-37-31)17-25(40-26)11-8-20(2)9-12-28-21(3)15-27(23(5)39-28)33-29(35)13-10-22(4)38-24(6)34/h8-11,13,21-23,25-28H,7,12,14-19H2,1-6H3,(H,32,36)(H,33,35)/b11-8+,13-10-,20-9+/t21-,22-,23+,25+,26+,27+,28-,31-/m0/s1. The van der Waals surface area contributed by atoms with Gasteiger partial charge < -0.3 is 29.6 Å². The Morgan fingerprint density at radius 1 is 1.12 bits per heavy atom. The number of amides is 2. The third-order valence-corrected chi connectivity index (χ3v) is 7.74. The van der Waals surface area contributed by atoms with Crippen LogP contribution in [0.4, 0.5) is 0 Å². The molecule has 9 nitrogen and oxygen atoms in total. The molecule has 0 saturated carbocycles.